The van der Waals surface area contributed by atoms with Gasteiger partial charge in [-0.05, 0) is 35.9 Å². The second-order valence-corrected chi connectivity index (χ2v) is 8.93. The second kappa shape index (κ2) is 11.2. The number of halogens is 2. The highest BCUT2D eigenvalue weighted by atomic mass is 35.5. The van der Waals surface area contributed by atoms with E-state index in [1.54, 1.807) is 15.9 Å². The standard InChI is InChI=1S/C25H28ClFN2O5/c26-22-4-2-1-3-19(22)15-23(30)29-11-14-34-25(17-29,16-24(31)28-9-12-32-13-10-28)18-33-21-7-5-20(27)6-8-21/h1-8H,9-18H2/t25-/m1/s1. The maximum Gasteiger partial charge on any atom is 0.227 e. The lowest BCUT2D eigenvalue weighted by Crippen LogP contribution is -2.59. The lowest BCUT2D eigenvalue weighted by molar-refractivity contribution is -0.167. The molecule has 7 nitrogen and oxygen atoms in total. The molecular formula is C25H28ClFN2O5. The van der Waals surface area contributed by atoms with E-state index in [0.29, 0.717) is 43.6 Å². The number of nitrogens with zero attached hydrogens (tertiary/aromatic N) is 2. The number of hydrogen-bond donors (Lipinski definition) is 0. The van der Waals surface area contributed by atoms with Crippen molar-refractivity contribution in [2.45, 2.75) is 18.4 Å². The van der Waals surface area contributed by atoms with Crippen LogP contribution >= 0.6 is 11.6 Å². The van der Waals surface area contributed by atoms with Gasteiger partial charge in [-0.1, -0.05) is 29.8 Å². The molecular weight excluding hydrogens is 463 g/mol. The largest absolute Gasteiger partial charge is 0.490 e. The van der Waals surface area contributed by atoms with Gasteiger partial charge in [0.25, 0.3) is 0 Å². The molecule has 0 aliphatic carbocycles. The molecule has 34 heavy (non-hydrogen) atoms. The molecule has 1 atom stereocenters. The Hall–Kier alpha value is -2.68. The van der Waals surface area contributed by atoms with E-state index in [1.165, 1.54) is 24.3 Å². The van der Waals surface area contributed by atoms with Crippen molar-refractivity contribution in [3.63, 3.8) is 0 Å². The molecule has 0 bridgehead atoms. The van der Waals surface area contributed by atoms with E-state index in [2.05, 4.69) is 0 Å². The number of ether oxygens (including phenoxy) is 3. The third-order valence-corrected chi connectivity index (χ3v) is 6.42. The molecule has 0 saturated carbocycles. The zero-order valence-electron chi connectivity index (χ0n) is 18.9. The molecule has 9 heteroatoms. The minimum absolute atomic E-state index is 0.0462. The van der Waals surface area contributed by atoms with Crippen molar-refractivity contribution in [3.05, 3.63) is 64.9 Å². The smallest absolute Gasteiger partial charge is 0.227 e. The summed E-state index contributed by atoms with van der Waals surface area (Å²) in [5.74, 6) is -0.0784. The van der Waals surface area contributed by atoms with Gasteiger partial charge in [0.05, 0.1) is 39.2 Å². The summed E-state index contributed by atoms with van der Waals surface area (Å²) < 4.78 is 30.7. The Balaban J connectivity index is 1.49. The maximum absolute atomic E-state index is 13.3. The average molecular weight is 491 g/mol. The summed E-state index contributed by atoms with van der Waals surface area (Å²) in [5, 5.41) is 0.539. The van der Waals surface area contributed by atoms with Crippen molar-refractivity contribution in [2.24, 2.45) is 0 Å². The number of hydrogen-bond acceptors (Lipinski definition) is 5. The van der Waals surface area contributed by atoms with Gasteiger partial charge in [-0.2, -0.15) is 0 Å². The van der Waals surface area contributed by atoms with Crippen molar-refractivity contribution in [1.29, 1.82) is 0 Å². The van der Waals surface area contributed by atoms with E-state index in [4.69, 9.17) is 25.8 Å². The number of benzene rings is 2. The molecule has 0 aromatic heterocycles. The van der Waals surface area contributed by atoms with Gasteiger partial charge in [-0.15, -0.1) is 0 Å². The predicted molar refractivity (Wildman–Crippen MR) is 124 cm³/mol. The fraction of sp³-hybridized carbons (Fsp3) is 0.440. The summed E-state index contributed by atoms with van der Waals surface area (Å²) in [6.07, 6.45) is 0.218. The van der Waals surface area contributed by atoms with Crippen LogP contribution in [0.1, 0.15) is 12.0 Å². The molecule has 2 aromatic carbocycles. The Labute approximate surface area is 203 Å². The molecule has 0 radical (unpaired) electrons. The number of rotatable bonds is 7. The second-order valence-electron chi connectivity index (χ2n) is 8.53. The van der Waals surface area contributed by atoms with Gasteiger partial charge in [-0.3, -0.25) is 9.59 Å². The maximum atomic E-state index is 13.3. The van der Waals surface area contributed by atoms with Crippen LogP contribution < -0.4 is 4.74 Å². The quantitative estimate of drug-likeness (QED) is 0.597. The van der Waals surface area contributed by atoms with Crippen molar-refractivity contribution in [2.75, 3.05) is 52.6 Å². The molecule has 0 unspecified atom stereocenters. The van der Waals surface area contributed by atoms with E-state index < -0.39 is 5.60 Å². The molecule has 2 aromatic rings. The fourth-order valence-electron chi connectivity index (χ4n) is 4.17. The number of carbonyl (C=O) groups excluding carboxylic acids is 2. The minimum atomic E-state index is -1.03. The fourth-order valence-corrected chi connectivity index (χ4v) is 4.37. The highest BCUT2D eigenvalue weighted by molar-refractivity contribution is 6.31. The Bertz CT molecular complexity index is 999. The van der Waals surface area contributed by atoms with E-state index >= 15 is 0 Å². The highest BCUT2D eigenvalue weighted by Crippen LogP contribution is 2.27. The molecule has 4 rings (SSSR count). The average Bonchev–Trinajstić information content (AvgIpc) is 2.86. The third kappa shape index (κ3) is 6.25. The first-order chi connectivity index (χ1) is 16.4. The molecule has 0 N–H and O–H groups in total. The van der Waals surface area contributed by atoms with Gasteiger partial charge in [0.1, 0.15) is 23.8 Å². The van der Waals surface area contributed by atoms with E-state index in [9.17, 15) is 14.0 Å². The van der Waals surface area contributed by atoms with Gasteiger partial charge < -0.3 is 24.0 Å². The SMILES string of the molecule is O=C(C[C@]1(COc2ccc(F)cc2)CN(C(=O)Cc2ccccc2Cl)CCO1)N1CCOCC1. The number of morpholine rings is 2. The molecule has 2 aliphatic rings. The van der Waals surface area contributed by atoms with Crippen molar-refractivity contribution >= 4 is 23.4 Å². The van der Waals surface area contributed by atoms with Gasteiger partial charge in [0.2, 0.25) is 11.8 Å². The normalized spacial score (nSPS) is 20.8. The van der Waals surface area contributed by atoms with Crippen LogP contribution in [0, 0.1) is 5.82 Å². The summed E-state index contributed by atoms with van der Waals surface area (Å²) >= 11 is 6.24. The molecule has 2 amide bonds. The monoisotopic (exact) mass is 490 g/mol. The Morgan fingerprint density at radius 1 is 0.971 bits per heavy atom. The van der Waals surface area contributed by atoms with Crippen LogP contribution in [0.3, 0.4) is 0 Å². The predicted octanol–water partition coefficient (Wildman–Crippen LogP) is 2.95. The van der Waals surface area contributed by atoms with Crippen LogP contribution in [0.4, 0.5) is 4.39 Å². The number of carbonyl (C=O) groups is 2. The topological polar surface area (TPSA) is 68.3 Å². The zero-order chi connectivity index (χ0) is 24.0. The van der Waals surface area contributed by atoms with Crippen molar-refractivity contribution in [3.8, 4) is 5.75 Å². The van der Waals surface area contributed by atoms with Crippen LogP contribution in [0.15, 0.2) is 48.5 Å². The zero-order valence-corrected chi connectivity index (χ0v) is 19.6. The summed E-state index contributed by atoms with van der Waals surface area (Å²) in [4.78, 5) is 29.7. The lowest BCUT2D eigenvalue weighted by Gasteiger charge is -2.43. The Morgan fingerprint density at radius 2 is 1.68 bits per heavy atom. The summed E-state index contributed by atoms with van der Waals surface area (Å²) in [7, 11) is 0. The van der Waals surface area contributed by atoms with Gasteiger partial charge in [0, 0.05) is 24.7 Å². The Morgan fingerprint density at radius 3 is 2.41 bits per heavy atom. The van der Waals surface area contributed by atoms with E-state index in [0.717, 1.165) is 5.56 Å². The van der Waals surface area contributed by atoms with Gasteiger partial charge in [0.15, 0.2) is 0 Å². The highest BCUT2D eigenvalue weighted by Gasteiger charge is 2.42. The van der Waals surface area contributed by atoms with Gasteiger partial charge in [-0.25, -0.2) is 4.39 Å². The van der Waals surface area contributed by atoms with Crippen molar-refractivity contribution in [1.82, 2.24) is 9.80 Å². The van der Waals surface area contributed by atoms with Crippen LogP contribution in [0.25, 0.3) is 0 Å². The van der Waals surface area contributed by atoms with Gasteiger partial charge >= 0.3 is 0 Å². The first kappa shape index (κ1) is 24.4. The first-order valence-electron chi connectivity index (χ1n) is 11.3. The van der Waals surface area contributed by atoms with Crippen LogP contribution in [-0.4, -0.2) is 79.8 Å². The first-order valence-corrected chi connectivity index (χ1v) is 11.7. The molecule has 2 heterocycles. The molecule has 0 spiro atoms. The molecule has 182 valence electrons. The van der Waals surface area contributed by atoms with Crippen molar-refractivity contribution < 1.29 is 28.2 Å². The van der Waals surface area contributed by atoms with Crippen LogP contribution in [0.2, 0.25) is 5.02 Å². The van der Waals surface area contributed by atoms with E-state index in [1.807, 2.05) is 18.2 Å². The molecule has 2 aliphatic heterocycles. The lowest BCUT2D eigenvalue weighted by atomic mass is 9.96. The Kier molecular flexibility index (Phi) is 8.03. The minimum Gasteiger partial charge on any atom is -0.490 e. The summed E-state index contributed by atoms with van der Waals surface area (Å²) in [6, 6.07) is 12.9. The van der Waals surface area contributed by atoms with Crippen LogP contribution in [0.5, 0.6) is 5.75 Å². The molecule has 2 saturated heterocycles. The summed E-state index contributed by atoms with van der Waals surface area (Å²) in [6.45, 7) is 2.96. The summed E-state index contributed by atoms with van der Waals surface area (Å²) in [5.41, 5.74) is -0.281. The number of amides is 2. The van der Waals surface area contributed by atoms with E-state index in [-0.39, 0.29) is 50.2 Å². The molecule has 2 fully saturated rings. The van der Waals surface area contributed by atoms with Crippen LogP contribution in [-0.2, 0) is 25.5 Å². The third-order valence-electron chi connectivity index (χ3n) is 6.05.